The van der Waals surface area contributed by atoms with Gasteiger partial charge in [0, 0.05) is 13.5 Å². The molecule has 0 aromatic rings. The summed E-state index contributed by atoms with van der Waals surface area (Å²) in [6.45, 7) is 0. The number of hydrogen-bond acceptors (Lipinski definition) is 8. The van der Waals surface area contributed by atoms with E-state index in [1.54, 1.807) is 0 Å². The Balaban J connectivity index is 4.68. The highest BCUT2D eigenvalue weighted by molar-refractivity contribution is 8.01. The molecule has 0 radical (unpaired) electrons. The summed E-state index contributed by atoms with van der Waals surface area (Å²) < 4.78 is 0. The predicted octanol–water partition coefficient (Wildman–Crippen LogP) is -2.26. The number of carbonyl (C=O) groups excluding carboxylic acids is 5. The SMILES string of the molecule is CNC(=O)C(=O)CCC(C=O)NC(=O)/C(SN)=C(/N)C=O. The summed E-state index contributed by atoms with van der Waals surface area (Å²) >= 11 is 0.460. The second-order valence-electron chi connectivity index (χ2n) is 3.78. The topological polar surface area (TPSA) is 161 Å². The zero-order chi connectivity index (χ0) is 16.4. The number of nitrogens with one attached hydrogen (secondary N) is 2. The molecule has 10 heteroatoms. The smallest absolute Gasteiger partial charge is 0.287 e. The number of aldehydes is 2. The average molecular weight is 316 g/mol. The molecule has 0 aromatic carbocycles. The van der Waals surface area contributed by atoms with Crippen LogP contribution < -0.4 is 21.5 Å². The Morgan fingerprint density at radius 3 is 2.29 bits per heavy atom. The minimum absolute atomic E-state index is 0.0645. The minimum atomic E-state index is -1.01. The van der Waals surface area contributed by atoms with Crippen molar-refractivity contribution in [1.29, 1.82) is 0 Å². The van der Waals surface area contributed by atoms with Crippen molar-refractivity contribution in [1.82, 2.24) is 10.6 Å². The normalized spacial score (nSPS) is 12.7. The van der Waals surface area contributed by atoms with Gasteiger partial charge in [-0.3, -0.25) is 24.3 Å². The lowest BCUT2D eigenvalue weighted by Crippen LogP contribution is -2.38. The van der Waals surface area contributed by atoms with Gasteiger partial charge in [0.25, 0.3) is 11.8 Å². The molecule has 0 saturated heterocycles. The maximum Gasteiger partial charge on any atom is 0.287 e. The van der Waals surface area contributed by atoms with Crippen molar-refractivity contribution in [3.8, 4) is 0 Å². The van der Waals surface area contributed by atoms with Crippen LogP contribution in [0.1, 0.15) is 12.8 Å². The highest BCUT2D eigenvalue weighted by Crippen LogP contribution is 2.11. The van der Waals surface area contributed by atoms with Gasteiger partial charge in [0.1, 0.15) is 11.2 Å². The second-order valence-corrected chi connectivity index (χ2v) is 4.42. The summed E-state index contributed by atoms with van der Waals surface area (Å²) in [6.07, 6.45) is 0.372. The van der Waals surface area contributed by atoms with Crippen LogP contribution in [0.2, 0.25) is 0 Å². The van der Waals surface area contributed by atoms with Crippen molar-refractivity contribution in [2.45, 2.75) is 18.9 Å². The second kappa shape index (κ2) is 9.66. The van der Waals surface area contributed by atoms with Crippen molar-refractivity contribution in [2.24, 2.45) is 10.9 Å². The Labute approximate surface area is 125 Å². The number of rotatable bonds is 9. The number of amides is 2. The first-order chi connectivity index (χ1) is 9.90. The van der Waals surface area contributed by atoms with Crippen LogP contribution in [0.15, 0.2) is 10.6 Å². The van der Waals surface area contributed by atoms with E-state index in [0.29, 0.717) is 18.2 Å². The Morgan fingerprint density at radius 1 is 1.24 bits per heavy atom. The molecular formula is C11H16N4O5S. The lowest BCUT2D eigenvalue weighted by Gasteiger charge is -2.13. The van der Waals surface area contributed by atoms with Gasteiger partial charge in [0.2, 0.25) is 5.78 Å². The van der Waals surface area contributed by atoms with Crippen LogP contribution in [0.5, 0.6) is 0 Å². The molecule has 9 nitrogen and oxygen atoms in total. The van der Waals surface area contributed by atoms with Crippen molar-refractivity contribution in [3.63, 3.8) is 0 Å². The van der Waals surface area contributed by atoms with Gasteiger partial charge in [-0.2, -0.15) is 0 Å². The summed E-state index contributed by atoms with van der Waals surface area (Å²) in [5.41, 5.74) is 4.91. The van der Waals surface area contributed by atoms with Crippen LogP contribution in [-0.2, 0) is 24.0 Å². The third-order valence-electron chi connectivity index (χ3n) is 2.36. The number of hydrogen-bond donors (Lipinski definition) is 4. The molecule has 116 valence electrons. The van der Waals surface area contributed by atoms with E-state index in [4.69, 9.17) is 10.9 Å². The molecule has 0 rings (SSSR count). The molecule has 2 amide bonds. The van der Waals surface area contributed by atoms with E-state index < -0.39 is 23.6 Å². The van der Waals surface area contributed by atoms with Gasteiger partial charge in [-0.05, 0) is 18.4 Å². The molecule has 21 heavy (non-hydrogen) atoms. The number of nitrogens with two attached hydrogens (primary N) is 2. The molecule has 0 aromatic heterocycles. The summed E-state index contributed by atoms with van der Waals surface area (Å²) in [7, 11) is 1.30. The van der Waals surface area contributed by atoms with E-state index in [1.165, 1.54) is 7.05 Å². The van der Waals surface area contributed by atoms with Gasteiger partial charge >= 0.3 is 0 Å². The quantitative estimate of drug-likeness (QED) is 0.160. The number of carbonyl (C=O) groups is 5. The van der Waals surface area contributed by atoms with E-state index in [9.17, 15) is 24.0 Å². The van der Waals surface area contributed by atoms with Crippen molar-refractivity contribution >= 4 is 42.1 Å². The molecule has 1 unspecified atom stereocenters. The first kappa shape index (κ1) is 18.8. The standard InChI is InChI=1S/C11H16N4O5S/c1-14-10(19)8(18)3-2-6(4-16)15-11(20)9(21-13)7(12)5-17/h4-6H,2-3,12-13H2,1H3,(H,14,19)(H,15,20)/b9-7-. The van der Waals surface area contributed by atoms with Gasteiger partial charge < -0.3 is 21.2 Å². The van der Waals surface area contributed by atoms with Crippen LogP contribution in [0.4, 0.5) is 0 Å². The maximum absolute atomic E-state index is 11.7. The highest BCUT2D eigenvalue weighted by atomic mass is 32.2. The lowest BCUT2D eigenvalue weighted by molar-refractivity contribution is -0.137. The fraction of sp³-hybridized carbons (Fsp3) is 0.364. The van der Waals surface area contributed by atoms with Gasteiger partial charge in [-0.1, -0.05) is 0 Å². The molecule has 0 heterocycles. The molecule has 0 aliphatic heterocycles. The zero-order valence-corrected chi connectivity index (χ0v) is 12.1. The van der Waals surface area contributed by atoms with Gasteiger partial charge in [-0.25, -0.2) is 0 Å². The van der Waals surface area contributed by atoms with Crippen molar-refractivity contribution in [2.75, 3.05) is 7.05 Å². The Bertz CT molecular complexity index is 477. The molecule has 0 saturated carbocycles. The largest absolute Gasteiger partial charge is 0.395 e. The van der Waals surface area contributed by atoms with E-state index in [-0.39, 0.29) is 29.7 Å². The zero-order valence-electron chi connectivity index (χ0n) is 11.3. The third kappa shape index (κ3) is 6.19. The number of Topliss-reactive ketones (excluding diaryl/α,β-unsaturated/α-hetero) is 1. The minimum Gasteiger partial charge on any atom is -0.395 e. The van der Waals surface area contributed by atoms with Crippen LogP contribution >= 0.6 is 11.9 Å². The Kier molecular flexibility index (Phi) is 8.65. The van der Waals surface area contributed by atoms with E-state index in [0.717, 1.165) is 0 Å². The molecule has 0 fully saturated rings. The molecule has 0 aliphatic rings. The van der Waals surface area contributed by atoms with Crippen LogP contribution in [0.3, 0.4) is 0 Å². The van der Waals surface area contributed by atoms with Gasteiger partial charge in [-0.15, -0.1) is 0 Å². The summed E-state index contributed by atoms with van der Waals surface area (Å²) in [4.78, 5) is 55.1. The Morgan fingerprint density at radius 2 is 1.86 bits per heavy atom. The average Bonchev–Trinajstić information content (AvgIpc) is 2.50. The first-order valence-electron chi connectivity index (χ1n) is 5.73. The predicted molar refractivity (Wildman–Crippen MR) is 75.4 cm³/mol. The highest BCUT2D eigenvalue weighted by Gasteiger charge is 2.20. The molecule has 6 N–H and O–H groups in total. The van der Waals surface area contributed by atoms with Crippen molar-refractivity contribution < 1.29 is 24.0 Å². The fourth-order valence-electron chi connectivity index (χ4n) is 1.25. The monoisotopic (exact) mass is 316 g/mol. The van der Waals surface area contributed by atoms with E-state index in [2.05, 4.69) is 10.6 Å². The van der Waals surface area contributed by atoms with Crippen molar-refractivity contribution in [3.05, 3.63) is 10.6 Å². The number of likely N-dealkylation sites (N-methyl/N-ethyl adjacent to an activating group) is 1. The van der Waals surface area contributed by atoms with Crippen LogP contribution in [-0.4, -0.2) is 43.3 Å². The molecule has 1 atom stereocenters. The molecule has 0 bridgehead atoms. The molecule has 0 spiro atoms. The van der Waals surface area contributed by atoms with E-state index >= 15 is 0 Å². The molecular weight excluding hydrogens is 300 g/mol. The third-order valence-corrected chi connectivity index (χ3v) is 3.01. The van der Waals surface area contributed by atoms with E-state index in [1.807, 2.05) is 0 Å². The van der Waals surface area contributed by atoms with Gasteiger partial charge in [0.05, 0.1) is 11.7 Å². The summed E-state index contributed by atoms with van der Waals surface area (Å²) in [5, 5.41) is 9.62. The molecule has 0 aliphatic carbocycles. The fourth-order valence-corrected chi connectivity index (χ4v) is 1.60. The van der Waals surface area contributed by atoms with Gasteiger partial charge in [0.15, 0.2) is 6.29 Å². The summed E-state index contributed by atoms with van der Waals surface area (Å²) in [6, 6.07) is -1.01. The number of ketones is 1. The van der Waals surface area contributed by atoms with Crippen LogP contribution in [0.25, 0.3) is 0 Å². The van der Waals surface area contributed by atoms with Crippen LogP contribution in [0, 0.1) is 0 Å². The summed E-state index contributed by atoms with van der Waals surface area (Å²) in [5.74, 6) is -2.30. The number of allylic oxidation sites excluding steroid dienone is 1. The first-order valence-corrected chi connectivity index (χ1v) is 6.61. The lowest BCUT2D eigenvalue weighted by atomic mass is 10.1. The maximum atomic E-state index is 11.7. The Hall–Kier alpha value is -2.20.